The minimum atomic E-state index is -0.537. The van der Waals surface area contributed by atoms with Crippen LogP contribution in [0.2, 0.25) is 0 Å². The zero-order valence-electron chi connectivity index (χ0n) is 21.5. The first kappa shape index (κ1) is 24.6. The number of aromatic nitrogens is 4. The van der Waals surface area contributed by atoms with E-state index >= 15 is 0 Å². The van der Waals surface area contributed by atoms with Crippen LogP contribution in [0.4, 0.5) is 0 Å². The summed E-state index contributed by atoms with van der Waals surface area (Å²) in [6.45, 7) is 5.68. The minimum absolute atomic E-state index is 0.0297. The van der Waals surface area contributed by atoms with Crippen molar-refractivity contribution < 1.29 is 4.79 Å². The highest BCUT2D eigenvalue weighted by Crippen LogP contribution is 2.50. The van der Waals surface area contributed by atoms with Gasteiger partial charge >= 0.3 is 0 Å². The summed E-state index contributed by atoms with van der Waals surface area (Å²) in [5, 5.41) is 13.0. The molecule has 0 saturated carbocycles. The molecular weight excluding hydrogens is 482 g/mol. The molecule has 0 N–H and O–H groups in total. The molecule has 0 radical (unpaired) electrons. The standard InChI is InChI=1S/C33H29N5O/c1-24-29(33-34-35-36-38(33)23-26-16-8-3-9-17-26)31(27-18-10-4-11-19-27)37(22-25-14-6-2-7-15-25)30(24)32(39)28-20-12-5-13-21-28/h2-21,29-31H,1,22-23H2. The number of likely N-dealkylation sites (tertiary alicyclic amines) is 1. The SMILES string of the molecule is C=C1C(c2nnnn2Cc2ccccc2)C(c2ccccc2)N(Cc2ccccc2)C1C(=O)c1ccccc1. The molecule has 1 saturated heterocycles. The van der Waals surface area contributed by atoms with E-state index in [1.807, 2.05) is 89.6 Å². The van der Waals surface area contributed by atoms with Crippen molar-refractivity contribution in [1.29, 1.82) is 0 Å². The molecule has 3 unspecified atom stereocenters. The maximum atomic E-state index is 14.2. The average molecular weight is 512 g/mol. The molecule has 6 heteroatoms. The number of tetrazole rings is 1. The van der Waals surface area contributed by atoms with E-state index < -0.39 is 6.04 Å². The number of benzene rings is 4. The second kappa shape index (κ2) is 11.0. The highest BCUT2D eigenvalue weighted by atomic mass is 16.1. The van der Waals surface area contributed by atoms with Gasteiger partial charge < -0.3 is 0 Å². The maximum Gasteiger partial charge on any atom is 0.184 e. The quantitative estimate of drug-likeness (QED) is 0.193. The molecule has 2 heterocycles. The van der Waals surface area contributed by atoms with E-state index in [4.69, 9.17) is 0 Å². The van der Waals surface area contributed by atoms with Crippen molar-refractivity contribution >= 4 is 5.78 Å². The molecular formula is C33H29N5O. The number of rotatable bonds is 8. The summed E-state index contributed by atoms with van der Waals surface area (Å²) in [7, 11) is 0. The van der Waals surface area contributed by atoms with Crippen molar-refractivity contribution in [2.45, 2.75) is 31.1 Å². The lowest BCUT2D eigenvalue weighted by atomic mass is 9.87. The summed E-state index contributed by atoms with van der Waals surface area (Å²) in [6.07, 6.45) is 0. The summed E-state index contributed by atoms with van der Waals surface area (Å²) < 4.78 is 1.84. The van der Waals surface area contributed by atoms with Gasteiger partial charge in [-0.3, -0.25) is 9.69 Å². The van der Waals surface area contributed by atoms with Crippen LogP contribution in [-0.4, -0.2) is 36.9 Å². The number of nitrogens with zero attached hydrogens (tertiary/aromatic N) is 5. The summed E-state index contributed by atoms with van der Waals surface area (Å²) in [6, 6.07) is 39.5. The Morgan fingerprint density at radius 1 is 0.718 bits per heavy atom. The fraction of sp³-hybridized carbons (Fsp3) is 0.152. The largest absolute Gasteiger partial charge is 0.292 e. The smallest absolute Gasteiger partial charge is 0.184 e. The molecule has 192 valence electrons. The molecule has 6 rings (SSSR count). The van der Waals surface area contributed by atoms with Crippen LogP contribution in [0, 0.1) is 0 Å². The predicted molar refractivity (Wildman–Crippen MR) is 151 cm³/mol. The van der Waals surface area contributed by atoms with Gasteiger partial charge in [-0.05, 0) is 32.7 Å². The number of hydrogen-bond donors (Lipinski definition) is 0. The molecule has 1 aliphatic rings. The topological polar surface area (TPSA) is 63.9 Å². The van der Waals surface area contributed by atoms with Gasteiger partial charge in [0.15, 0.2) is 11.6 Å². The minimum Gasteiger partial charge on any atom is -0.292 e. The van der Waals surface area contributed by atoms with Gasteiger partial charge in [-0.15, -0.1) is 5.10 Å². The lowest BCUT2D eigenvalue weighted by molar-refractivity contribution is 0.0841. The van der Waals surface area contributed by atoms with Gasteiger partial charge in [0.1, 0.15) is 0 Å². The van der Waals surface area contributed by atoms with Gasteiger partial charge in [0, 0.05) is 18.2 Å². The molecule has 4 aromatic carbocycles. The van der Waals surface area contributed by atoms with Crippen molar-refractivity contribution in [3.05, 3.63) is 162 Å². The molecule has 39 heavy (non-hydrogen) atoms. The third kappa shape index (κ3) is 4.94. The van der Waals surface area contributed by atoms with Crippen LogP contribution in [0.3, 0.4) is 0 Å². The fourth-order valence-electron chi connectivity index (χ4n) is 5.65. The summed E-state index contributed by atoms with van der Waals surface area (Å²) in [4.78, 5) is 16.4. The van der Waals surface area contributed by atoms with Gasteiger partial charge in [-0.25, -0.2) is 4.68 Å². The Labute approximate surface area is 228 Å². The molecule has 0 aliphatic carbocycles. The van der Waals surface area contributed by atoms with E-state index in [0.29, 0.717) is 24.5 Å². The van der Waals surface area contributed by atoms with Crippen molar-refractivity contribution in [3.8, 4) is 0 Å². The van der Waals surface area contributed by atoms with Gasteiger partial charge in [0.25, 0.3) is 0 Å². The predicted octanol–water partition coefficient (Wildman–Crippen LogP) is 5.87. The number of Topliss-reactive ketones (excluding diaryl/α,β-unsaturated/α-hetero) is 1. The monoisotopic (exact) mass is 511 g/mol. The molecule has 0 spiro atoms. The zero-order chi connectivity index (χ0) is 26.6. The Hall–Kier alpha value is -4.68. The first-order valence-electron chi connectivity index (χ1n) is 13.1. The highest BCUT2D eigenvalue weighted by molar-refractivity contribution is 6.02. The fourth-order valence-corrected chi connectivity index (χ4v) is 5.65. The average Bonchev–Trinajstić information content (AvgIpc) is 3.55. The lowest BCUT2D eigenvalue weighted by Gasteiger charge is -2.31. The number of carbonyl (C=O) groups excluding carboxylic acids is 1. The highest BCUT2D eigenvalue weighted by Gasteiger charge is 2.50. The van der Waals surface area contributed by atoms with Crippen molar-refractivity contribution in [1.82, 2.24) is 25.1 Å². The number of carbonyl (C=O) groups is 1. The summed E-state index contributed by atoms with van der Waals surface area (Å²) in [5.74, 6) is 0.452. The summed E-state index contributed by atoms with van der Waals surface area (Å²) in [5.41, 5.74) is 4.79. The lowest BCUT2D eigenvalue weighted by Crippen LogP contribution is -2.38. The molecule has 1 fully saturated rings. The number of ketones is 1. The normalized spacial score (nSPS) is 19.3. The molecule has 3 atom stereocenters. The number of hydrogen-bond acceptors (Lipinski definition) is 5. The van der Waals surface area contributed by atoms with Gasteiger partial charge in [-0.2, -0.15) is 0 Å². The zero-order valence-corrected chi connectivity index (χ0v) is 21.5. The van der Waals surface area contributed by atoms with E-state index in [2.05, 4.69) is 63.4 Å². The van der Waals surface area contributed by atoms with Crippen LogP contribution < -0.4 is 0 Å². The molecule has 0 amide bonds. The van der Waals surface area contributed by atoms with Crippen molar-refractivity contribution in [3.63, 3.8) is 0 Å². The van der Waals surface area contributed by atoms with E-state index in [1.54, 1.807) is 0 Å². The van der Waals surface area contributed by atoms with Crippen LogP contribution in [0.1, 0.15) is 44.8 Å². The van der Waals surface area contributed by atoms with E-state index in [-0.39, 0.29) is 17.7 Å². The van der Waals surface area contributed by atoms with Crippen LogP contribution in [0.25, 0.3) is 0 Å². The summed E-state index contributed by atoms with van der Waals surface area (Å²) >= 11 is 0. The van der Waals surface area contributed by atoms with Crippen LogP contribution >= 0.6 is 0 Å². The van der Waals surface area contributed by atoms with Crippen molar-refractivity contribution in [2.75, 3.05) is 0 Å². The third-order valence-corrected chi connectivity index (χ3v) is 7.42. The Balaban J connectivity index is 1.49. The van der Waals surface area contributed by atoms with E-state index in [0.717, 1.165) is 22.3 Å². The third-order valence-electron chi connectivity index (χ3n) is 7.42. The molecule has 1 aliphatic heterocycles. The van der Waals surface area contributed by atoms with Gasteiger partial charge in [0.2, 0.25) is 0 Å². The van der Waals surface area contributed by atoms with Gasteiger partial charge in [0.05, 0.1) is 18.5 Å². The van der Waals surface area contributed by atoms with E-state index in [9.17, 15) is 4.79 Å². The second-order valence-corrected chi connectivity index (χ2v) is 9.88. The maximum absolute atomic E-state index is 14.2. The molecule has 1 aromatic heterocycles. The molecule has 6 nitrogen and oxygen atoms in total. The Bertz CT molecular complexity index is 1550. The van der Waals surface area contributed by atoms with Crippen molar-refractivity contribution in [2.24, 2.45) is 0 Å². The Morgan fingerprint density at radius 3 is 1.87 bits per heavy atom. The van der Waals surface area contributed by atoms with Crippen LogP contribution in [0.15, 0.2) is 133 Å². The first-order chi connectivity index (χ1) is 19.2. The van der Waals surface area contributed by atoms with Crippen LogP contribution in [0.5, 0.6) is 0 Å². The Morgan fingerprint density at radius 2 is 1.26 bits per heavy atom. The second-order valence-electron chi connectivity index (χ2n) is 9.88. The molecule has 5 aromatic rings. The van der Waals surface area contributed by atoms with E-state index in [1.165, 1.54) is 0 Å². The first-order valence-corrected chi connectivity index (χ1v) is 13.1. The van der Waals surface area contributed by atoms with Crippen LogP contribution in [-0.2, 0) is 13.1 Å². The Kier molecular flexibility index (Phi) is 6.93. The molecule has 0 bridgehead atoms. The van der Waals surface area contributed by atoms with Gasteiger partial charge in [-0.1, -0.05) is 128 Å².